The van der Waals surface area contributed by atoms with Gasteiger partial charge in [0, 0.05) is 0 Å². The Morgan fingerprint density at radius 1 is 0.938 bits per heavy atom. The molecular weight excluding hydrogens is 196 g/mol. The summed E-state index contributed by atoms with van der Waals surface area (Å²) in [6.07, 6.45) is 0.956. The van der Waals surface area contributed by atoms with Crippen molar-refractivity contribution in [2.45, 2.75) is 13.3 Å². The summed E-state index contributed by atoms with van der Waals surface area (Å²) in [7, 11) is 1.70. The molecule has 16 heavy (non-hydrogen) atoms. The fraction of sp³-hybridized carbons (Fsp3) is 0.200. The predicted octanol–water partition coefficient (Wildman–Crippen LogP) is 3.59. The minimum absolute atomic E-state index is 0.921. The molecule has 0 atom stereocenters. The van der Waals surface area contributed by atoms with E-state index in [-0.39, 0.29) is 0 Å². The van der Waals surface area contributed by atoms with Gasteiger partial charge < -0.3 is 4.74 Å². The lowest BCUT2D eigenvalue weighted by Crippen LogP contribution is -1.89. The van der Waals surface area contributed by atoms with Crippen LogP contribution < -0.4 is 4.74 Å². The van der Waals surface area contributed by atoms with Gasteiger partial charge in [-0.25, -0.2) is 0 Å². The highest BCUT2D eigenvalue weighted by Crippen LogP contribution is 2.16. The molecule has 0 spiro atoms. The van der Waals surface area contributed by atoms with Crippen molar-refractivity contribution in [3.05, 3.63) is 65.2 Å². The molecular formula is C15H16O. The molecule has 2 rings (SSSR count). The Kier molecular flexibility index (Phi) is 3.25. The first kappa shape index (κ1) is 10.7. The van der Waals surface area contributed by atoms with Crippen LogP contribution in [-0.4, -0.2) is 7.11 Å². The van der Waals surface area contributed by atoms with Crippen LogP contribution in [0.3, 0.4) is 0 Å². The summed E-state index contributed by atoms with van der Waals surface area (Å²) >= 11 is 0. The molecule has 0 heterocycles. The lowest BCUT2D eigenvalue weighted by molar-refractivity contribution is 0.414. The van der Waals surface area contributed by atoms with Crippen molar-refractivity contribution in [2.75, 3.05) is 7.11 Å². The number of aryl methyl sites for hydroxylation is 1. The number of ether oxygens (including phenoxy) is 1. The maximum atomic E-state index is 5.21. The maximum Gasteiger partial charge on any atom is 0.119 e. The van der Waals surface area contributed by atoms with Crippen molar-refractivity contribution >= 4 is 0 Å². The van der Waals surface area contributed by atoms with E-state index in [1.165, 1.54) is 16.7 Å². The molecule has 0 saturated carbocycles. The molecule has 0 bridgehead atoms. The van der Waals surface area contributed by atoms with Crippen LogP contribution in [0.15, 0.2) is 48.5 Å². The van der Waals surface area contributed by atoms with E-state index in [9.17, 15) is 0 Å². The molecule has 0 amide bonds. The van der Waals surface area contributed by atoms with Gasteiger partial charge >= 0.3 is 0 Å². The fourth-order valence-corrected chi connectivity index (χ4v) is 1.72. The van der Waals surface area contributed by atoms with Gasteiger partial charge in [-0.15, -0.1) is 0 Å². The highest BCUT2D eigenvalue weighted by atomic mass is 16.5. The van der Waals surface area contributed by atoms with E-state index in [1.54, 1.807) is 7.11 Å². The molecule has 0 aliphatic carbocycles. The van der Waals surface area contributed by atoms with E-state index in [4.69, 9.17) is 4.74 Å². The normalized spacial score (nSPS) is 10.1. The third kappa shape index (κ3) is 2.63. The highest BCUT2D eigenvalue weighted by molar-refractivity contribution is 5.33. The van der Waals surface area contributed by atoms with Crippen LogP contribution in [0.2, 0.25) is 0 Å². The van der Waals surface area contributed by atoms with E-state index >= 15 is 0 Å². The molecule has 0 N–H and O–H groups in total. The molecule has 0 unspecified atom stereocenters. The van der Waals surface area contributed by atoms with Gasteiger partial charge in [0.25, 0.3) is 0 Å². The van der Waals surface area contributed by atoms with Crippen molar-refractivity contribution in [3.8, 4) is 5.75 Å². The number of hydrogen-bond acceptors (Lipinski definition) is 1. The molecule has 0 saturated heterocycles. The van der Waals surface area contributed by atoms with Crippen LogP contribution in [0.1, 0.15) is 16.7 Å². The Morgan fingerprint density at radius 3 is 2.38 bits per heavy atom. The second-order valence-corrected chi connectivity index (χ2v) is 4.01. The zero-order valence-corrected chi connectivity index (χ0v) is 9.73. The van der Waals surface area contributed by atoms with Crippen LogP contribution in [0.4, 0.5) is 0 Å². The van der Waals surface area contributed by atoms with E-state index in [0.29, 0.717) is 0 Å². The van der Waals surface area contributed by atoms with Gasteiger partial charge in [-0.2, -0.15) is 0 Å². The number of methoxy groups -OCH3 is 1. The standard InChI is InChI=1S/C15H16O/c1-12-6-8-13(9-7-12)10-14-4-3-5-15(11-14)16-2/h3-9,11H,10H2,1-2H3. The average Bonchev–Trinajstić information content (AvgIpc) is 2.32. The van der Waals surface area contributed by atoms with E-state index in [0.717, 1.165) is 12.2 Å². The van der Waals surface area contributed by atoms with E-state index in [2.05, 4.69) is 43.3 Å². The van der Waals surface area contributed by atoms with Crippen LogP contribution in [-0.2, 0) is 6.42 Å². The van der Waals surface area contributed by atoms with Crippen molar-refractivity contribution in [2.24, 2.45) is 0 Å². The zero-order valence-electron chi connectivity index (χ0n) is 9.73. The Bertz CT molecular complexity index is 457. The summed E-state index contributed by atoms with van der Waals surface area (Å²) < 4.78 is 5.21. The molecule has 82 valence electrons. The second-order valence-electron chi connectivity index (χ2n) is 4.01. The summed E-state index contributed by atoms with van der Waals surface area (Å²) in [5, 5.41) is 0. The summed E-state index contributed by atoms with van der Waals surface area (Å²) in [6, 6.07) is 16.9. The summed E-state index contributed by atoms with van der Waals surface area (Å²) in [4.78, 5) is 0. The first-order chi connectivity index (χ1) is 7.78. The highest BCUT2D eigenvalue weighted by Gasteiger charge is 1.98. The number of benzene rings is 2. The van der Waals surface area contributed by atoms with Crippen LogP contribution in [0.25, 0.3) is 0 Å². The predicted molar refractivity (Wildman–Crippen MR) is 67.0 cm³/mol. The molecule has 2 aromatic carbocycles. The van der Waals surface area contributed by atoms with Crippen molar-refractivity contribution in [1.82, 2.24) is 0 Å². The quantitative estimate of drug-likeness (QED) is 0.755. The maximum absolute atomic E-state index is 5.21. The van der Waals surface area contributed by atoms with Crippen LogP contribution >= 0.6 is 0 Å². The Labute approximate surface area is 96.7 Å². The van der Waals surface area contributed by atoms with Gasteiger partial charge in [0.05, 0.1) is 7.11 Å². The van der Waals surface area contributed by atoms with Gasteiger partial charge in [0.15, 0.2) is 0 Å². The molecule has 0 aromatic heterocycles. The molecule has 0 aliphatic rings. The molecule has 1 nitrogen and oxygen atoms in total. The summed E-state index contributed by atoms with van der Waals surface area (Å²) in [6.45, 7) is 2.11. The Hall–Kier alpha value is -1.76. The lowest BCUT2D eigenvalue weighted by atomic mass is 10.0. The minimum atomic E-state index is 0.921. The second kappa shape index (κ2) is 4.84. The van der Waals surface area contributed by atoms with Crippen molar-refractivity contribution in [3.63, 3.8) is 0 Å². The third-order valence-corrected chi connectivity index (χ3v) is 2.66. The number of rotatable bonds is 3. The van der Waals surface area contributed by atoms with Crippen molar-refractivity contribution < 1.29 is 4.74 Å². The molecule has 0 radical (unpaired) electrons. The number of hydrogen-bond donors (Lipinski definition) is 0. The minimum Gasteiger partial charge on any atom is -0.497 e. The molecule has 1 heteroatoms. The Morgan fingerprint density at radius 2 is 1.69 bits per heavy atom. The fourth-order valence-electron chi connectivity index (χ4n) is 1.72. The van der Waals surface area contributed by atoms with Gasteiger partial charge in [-0.1, -0.05) is 42.0 Å². The Balaban J connectivity index is 2.16. The summed E-state index contributed by atoms with van der Waals surface area (Å²) in [5.74, 6) is 0.921. The van der Waals surface area contributed by atoms with Crippen molar-refractivity contribution in [1.29, 1.82) is 0 Å². The van der Waals surface area contributed by atoms with E-state index in [1.807, 2.05) is 12.1 Å². The third-order valence-electron chi connectivity index (χ3n) is 2.66. The summed E-state index contributed by atoms with van der Waals surface area (Å²) in [5.41, 5.74) is 3.91. The lowest BCUT2D eigenvalue weighted by Gasteiger charge is -2.05. The molecule has 0 fully saturated rings. The molecule has 2 aromatic rings. The molecule has 0 aliphatic heterocycles. The van der Waals surface area contributed by atoms with E-state index < -0.39 is 0 Å². The first-order valence-corrected chi connectivity index (χ1v) is 5.46. The smallest absolute Gasteiger partial charge is 0.119 e. The van der Waals surface area contributed by atoms with Crippen LogP contribution in [0.5, 0.6) is 5.75 Å². The topological polar surface area (TPSA) is 9.23 Å². The van der Waals surface area contributed by atoms with Gasteiger partial charge in [-0.05, 0) is 36.6 Å². The van der Waals surface area contributed by atoms with Gasteiger partial charge in [0.1, 0.15) is 5.75 Å². The monoisotopic (exact) mass is 212 g/mol. The zero-order chi connectivity index (χ0) is 11.4. The van der Waals surface area contributed by atoms with Gasteiger partial charge in [0.2, 0.25) is 0 Å². The first-order valence-electron chi connectivity index (χ1n) is 5.46. The largest absolute Gasteiger partial charge is 0.497 e. The SMILES string of the molecule is COc1cccc(Cc2ccc(C)cc2)c1. The van der Waals surface area contributed by atoms with Gasteiger partial charge in [-0.3, -0.25) is 0 Å². The average molecular weight is 212 g/mol. The van der Waals surface area contributed by atoms with Crippen LogP contribution in [0, 0.1) is 6.92 Å².